The molecule has 0 bridgehead atoms. The van der Waals surface area contributed by atoms with E-state index in [-0.39, 0.29) is 0 Å². The van der Waals surface area contributed by atoms with Crippen molar-refractivity contribution < 1.29 is 9.47 Å². The van der Waals surface area contributed by atoms with Gasteiger partial charge in [-0.15, -0.1) is 11.3 Å². The van der Waals surface area contributed by atoms with Crippen LogP contribution in [-0.2, 0) is 0 Å². The van der Waals surface area contributed by atoms with Crippen LogP contribution in [-0.4, -0.2) is 19.2 Å². The molecule has 0 aliphatic rings. The third kappa shape index (κ3) is 2.80. The van der Waals surface area contributed by atoms with Crippen molar-refractivity contribution in [2.45, 2.75) is 0 Å². The van der Waals surface area contributed by atoms with Crippen LogP contribution in [0.1, 0.15) is 0 Å². The molecule has 5 heteroatoms. The van der Waals surface area contributed by atoms with Crippen molar-refractivity contribution in [2.24, 2.45) is 0 Å². The smallest absolute Gasteiger partial charge is 0.161 e. The van der Waals surface area contributed by atoms with E-state index >= 15 is 0 Å². The largest absolute Gasteiger partial charge is 0.493 e. The second-order valence-corrected chi connectivity index (χ2v) is 5.85. The molecule has 0 N–H and O–H groups in total. The van der Waals surface area contributed by atoms with Crippen LogP contribution in [0.3, 0.4) is 0 Å². The number of hydrogen-bond acceptors (Lipinski definition) is 4. The average molecular weight is 332 g/mol. The zero-order valence-electron chi connectivity index (χ0n) is 12.2. The van der Waals surface area contributed by atoms with Crippen LogP contribution >= 0.6 is 22.9 Å². The summed E-state index contributed by atoms with van der Waals surface area (Å²) in [4.78, 5) is 4.68. The van der Waals surface area contributed by atoms with Gasteiger partial charge in [0.2, 0.25) is 0 Å². The van der Waals surface area contributed by atoms with Crippen molar-refractivity contribution in [3.8, 4) is 33.3 Å². The van der Waals surface area contributed by atoms with E-state index in [9.17, 15) is 0 Å². The van der Waals surface area contributed by atoms with Crippen LogP contribution in [0.5, 0.6) is 11.5 Å². The van der Waals surface area contributed by atoms with Gasteiger partial charge in [0, 0.05) is 16.5 Å². The third-order valence-electron chi connectivity index (χ3n) is 3.29. The summed E-state index contributed by atoms with van der Waals surface area (Å²) in [6.45, 7) is 0. The third-order valence-corrected chi connectivity index (χ3v) is 4.49. The molecule has 0 radical (unpaired) electrons. The van der Waals surface area contributed by atoms with Crippen LogP contribution in [0.4, 0.5) is 0 Å². The molecule has 0 fully saturated rings. The Morgan fingerprint density at radius 2 is 1.77 bits per heavy atom. The van der Waals surface area contributed by atoms with Crippen molar-refractivity contribution >= 4 is 22.9 Å². The summed E-state index contributed by atoms with van der Waals surface area (Å²) in [6, 6.07) is 13.5. The lowest BCUT2D eigenvalue weighted by Crippen LogP contribution is -1.91. The predicted molar refractivity (Wildman–Crippen MR) is 91.1 cm³/mol. The lowest BCUT2D eigenvalue weighted by molar-refractivity contribution is 0.355. The zero-order valence-corrected chi connectivity index (χ0v) is 13.7. The predicted octanol–water partition coefficient (Wildman–Crippen LogP) is 5.15. The number of hydrogen-bond donors (Lipinski definition) is 0. The molecule has 0 aliphatic carbocycles. The van der Waals surface area contributed by atoms with Gasteiger partial charge < -0.3 is 9.47 Å². The highest BCUT2D eigenvalue weighted by molar-refractivity contribution is 7.13. The molecule has 1 aromatic heterocycles. The maximum Gasteiger partial charge on any atom is 0.161 e. The monoisotopic (exact) mass is 331 g/mol. The molecule has 2 aromatic carbocycles. The van der Waals surface area contributed by atoms with Crippen LogP contribution in [0.2, 0.25) is 5.02 Å². The normalized spacial score (nSPS) is 10.5. The van der Waals surface area contributed by atoms with Crippen LogP contribution < -0.4 is 9.47 Å². The number of thiazole rings is 1. The second kappa shape index (κ2) is 6.38. The van der Waals surface area contributed by atoms with Crippen molar-refractivity contribution in [3.63, 3.8) is 0 Å². The number of rotatable bonds is 4. The Morgan fingerprint density at radius 1 is 1.00 bits per heavy atom. The number of nitrogens with zero attached hydrogens (tertiary/aromatic N) is 1. The summed E-state index contributed by atoms with van der Waals surface area (Å²) in [5.41, 5.74) is 2.81. The van der Waals surface area contributed by atoms with Gasteiger partial charge in [0.05, 0.1) is 24.9 Å². The molecule has 0 saturated heterocycles. The Kier molecular flexibility index (Phi) is 4.32. The van der Waals surface area contributed by atoms with Crippen molar-refractivity contribution in [1.82, 2.24) is 4.98 Å². The molecule has 3 rings (SSSR count). The number of aromatic nitrogens is 1. The Morgan fingerprint density at radius 3 is 2.50 bits per heavy atom. The molecule has 0 saturated carbocycles. The van der Waals surface area contributed by atoms with Crippen molar-refractivity contribution in [1.29, 1.82) is 0 Å². The second-order valence-electron chi connectivity index (χ2n) is 4.59. The number of benzene rings is 2. The van der Waals surface area contributed by atoms with Gasteiger partial charge in [-0.1, -0.05) is 29.8 Å². The molecule has 3 aromatic rings. The van der Waals surface area contributed by atoms with Gasteiger partial charge >= 0.3 is 0 Å². The first kappa shape index (κ1) is 14.9. The maximum absolute atomic E-state index is 6.23. The quantitative estimate of drug-likeness (QED) is 0.662. The Hall–Kier alpha value is -2.04. The molecule has 3 nitrogen and oxygen atoms in total. The minimum Gasteiger partial charge on any atom is -0.493 e. The lowest BCUT2D eigenvalue weighted by atomic mass is 10.1. The lowest BCUT2D eigenvalue weighted by Gasteiger charge is -2.08. The molecule has 0 amide bonds. The molecule has 22 heavy (non-hydrogen) atoms. The highest BCUT2D eigenvalue weighted by Gasteiger charge is 2.11. The molecule has 0 aliphatic heterocycles. The van der Waals surface area contributed by atoms with Gasteiger partial charge in [-0.2, -0.15) is 0 Å². The molecule has 0 spiro atoms. The Bertz CT molecular complexity index is 801. The van der Waals surface area contributed by atoms with E-state index in [4.69, 9.17) is 21.1 Å². The van der Waals surface area contributed by atoms with Crippen LogP contribution in [0.25, 0.3) is 21.8 Å². The standard InChI is InChI=1S/C17H14ClNO2S/c1-20-15-8-7-11(9-16(15)21-2)14-10-22-17(19-14)12-5-3-4-6-13(12)18/h3-10H,1-2H3. The van der Waals surface area contributed by atoms with Crippen LogP contribution in [0.15, 0.2) is 47.8 Å². The molecular formula is C17H14ClNO2S. The van der Waals surface area contributed by atoms with E-state index in [1.807, 2.05) is 47.8 Å². The first-order chi connectivity index (χ1) is 10.7. The molecule has 0 unspecified atom stereocenters. The summed E-state index contributed by atoms with van der Waals surface area (Å²) in [5, 5.41) is 3.62. The fraction of sp³-hybridized carbons (Fsp3) is 0.118. The summed E-state index contributed by atoms with van der Waals surface area (Å²) in [6.07, 6.45) is 0. The summed E-state index contributed by atoms with van der Waals surface area (Å²) in [5.74, 6) is 1.39. The fourth-order valence-electron chi connectivity index (χ4n) is 2.16. The van der Waals surface area contributed by atoms with Gasteiger partial charge in [-0.3, -0.25) is 0 Å². The number of halogens is 1. The Labute approximate surface area is 138 Å². The topological polar surface area (TPSA) is 31.4 Å². The van der Waals surface area contributed by atoms with Gasteiger partial charge in [0.1, 0.15) is 5.01 Å². The molecule has 1 heterocycles. The highest BCUT2D eigenvalue weighted by atomic mass is 35.5. The first-order valence-corrected chi connectivity index (χ1v) is 7.91. The highest BCUT2D eigenvalue weighted by Crippen LogP contribution is 2.36. The summed E-state index contributed by atoms with van der Waals surface area (Å²) in [7, 11) is 3.24. The Balaban J connectivity index is 1.99. The van der Waals surface area contributed by atoms with Gasteiger partial charge in [-0.05, 0) is 24.3 Å². The SMILES string of the molecule is COc1ccc(-c2csc(-c3ccccc3Cl)n2)cc1OC. The van der Waals surface area contributed by atoms with E-state index in [2.05, 4.69) is 4.98 Å². The minimum atomic E-state index is 0.687. The van der Waals surface area contributed by atoms with Gasteiger partial charge in [-0.25, -0.2) is 4.98 Å². The molecule has 0 atom stereocenters. The maximum atomic E-state index is 6.23. The van der Waals surface area contributed by atoms with Crippen molar-refractivity contribution in [3.05, 3.63) is 52.9 Å². The van der Waals surface area contributed by atoms with Crippen molar-refractivity contribution in [2.75, 3.05) is 14.2 Å². The van der Waals surface area contributed by atoms with E-state index in [1.54, 1.807) is 25.6 Å². The van der Waals surface area contributed by atoms with Gasteiger partial charge in [0.25, 0.3) is 0 Å². The summed E-state index contributed by atoms with van der Waals surface area (Å²) < 4.78 is 10.6. The molecular weight excluding hydrogens is 318 g/mol. The van der Waals surface area contributed by atoms with E-state index in [0.717, 1.165) is 21.8 Å². The number of methoxy groups -OCH3 is 2. The van der Waals surface area contributed by atoms with E-state index in [0.29, 0.717) is 16.5 Å². The van der Waals surface area contributed by atoms with Gasteiger partial charge in [0.15, 0.2) is 11.5 Å². The molecule has 112 valence electrons. The van der Waals surface area contributed by atoms with Crippen LogP contribution in [0, 0.1) is 0 Å². The van der Waals surface area contributed by atoms with E-state index in [1.165, 1.54) is 0 Å². The summed E-state index contributed by atoms with van der Waals surface area (Å²) >= 11 is 7.80. The zero-order chi connectivity index (χ0) is 15.5. The number of ether oxygens (including phenoxy) is 2. The minimum absolute atomic E-state index is 0.687. The fourth-order valence-corrected chi connectivity index (χ4v) is 3.31. The van der Waals surface area contributed by atoms with E-state index < -0.39 is 0 Å². The average Bonchev–Trinajstić information content (AvgIpc) is 3.04. The first-order valence-electron chi connectivity index (χ1n) is 6.65.